The number of ether oxygens (including phenoxy) is 1. The van der Waals surface area contributed by atoms with Crippen molar-refractivity contribution in [2.75, 3.05) is 26.8 Å². The number of aromatic nitrogens is 3. The lowest BCUT2D eigenvalue weighted by molar-refractivity contribution is -0.141. The van der Waals surface area contributed by atoms with Crippen molar-refractivity contribution < 1.29 is 9.53 Å². The molecule has 2 aliphatic rings. The summed E-state index contributed by atoms with van der Waals surface area (Å²) in [6, 6.07) is 0.193. The quantitative estimate of drug-likeness (QED) is 0.782. The van der Waals surface area contributed by atoms with Crippen LogP contribution in [-0.4, -0.2) is 59.1 Å². The molecule has 2 N–H and O–H groups in total. The van der Waals surface area contributed by atoms with Crippen molar-refractivity contribution in [1.82, 2.24) is 25.6 Å². The van der Waals surface area contributed by atoms with Crippen LogP contribution in [0.5, 0.6) is 0 Å². The number of carbonyl (C=O) groups is 1. The fourth-order valence-corrected chi connectivity index (χ4v) is 4.04. The molecule has 0 aromatic carbocycles. The third-order valence-corrected chi connectivity index (χ3v) is 5.68. The maximum absolute atomic E-state index is 12.8. The molecule has 1 saturated heterocycles. The molecule has 134 valence electrons. The van der Waals surface area contributed by atoms with Crippen LogP contribution < -0.4 is 5.32 Å². The molecule has 1 saturated carbocycles. The van der Waals surface area contributed by atoms with Crippen molar-refractivity contribution >= 4 is 5.91 Å². The Labute approximate surface area is 143 Å². The molecule has 2 fully saturated rings. The average Bonchev–Trinajstić information content (AvgIpc) is 3.13. The van der Waals surface area contributed by atoms with E-state index in [-0.39, 0.29) is 17.4 Å². The minimum absolute atomic E-state index is 0.175. The Morgan fingerprint density at radius 3 is 2.83 bits per heavy atom. The van der Waals surface area contributed by atoms with E-state index in [1.54, 1.807) is 13.3 Å². The Morgan fingerprint density at radius 2 is 2.29 bits per heavy atom. The number of H-pyrrole nitrogens is 1. The van der Waals surface area contributed by atoms with Crippen LogP contribution in [0.25, 0.3) is 0 Å². The number of rotatable bonds is 7. The zero-order valence-corrected chi connectivity index (χ0v) is 14.9. The summed E-state index contributed by atoms with van der Waals surface area (Å²) >= 11 is 0. The third-order valence-electron chi connectivity index (χ3n) is 5.68. The second-order valence-electron chi connectivity index (χ2n) is 7.71. The van der Waals surface area contributed by atoms with Crippen molar-refractivity contribution in [1.29, 1.82) is 0 Å². The zero-order valence-electron chi connectivity index (χ0n) is 14.9. The van der Waals surface area contributed by atoms with Gasteiger partial charge in [0.1, 0.15) is 0 Å². The fraction of sp³-hybridized carbons (Fsp3) is 0.824. The molecule has 1 aliphatic heterocycles. The molecule has 3 rings (SSSR count). The second-order valence-corrected chi connectivity index (χ2v) is 7.71. The van der Waals surface area contributed by atoms with Gasteiger partial charge < -0.3 is 10.1 Å². The Bertz CT molecular complexity index is 541. The van der Waals surface area contributed by atoms with Gasteiger partial charge in [0.15, 0.2) is 0 Å². The van der Waals surface area contributed by atoms with Crippen LogP contribution >= 0.6 is 0 Å². The number of likely N-dealkylation sites (tertiary alicyclic amines) is 1. The molecule has 0 radical (unpaired) electrons. The van der Waals surface area contributed by atoms with Gasteiger partial charge in [0.25, 0.3) is 0 Å². The predicted octanol–water partition coefficient (Wildman–Crippen LogP) is 1.19. The highest BCUT2D eigenvalue weighted by molar-refractivity contribution is 5.84. The molecule has 1 amide bonds. The number of hydrogen-bond acceptors (Lipinski definition) is 5. The van der Waals surface area contributed by atoms with E-state index >= 15 is 0 Å². The molecular weight excluding hydrogens is 306 g/mol. The highest BCUT2D eigenvalue weighted by Crippen LogP contribution is 2.41. The van der Waals surface area contributed by atoms with Gasteiger partial charge in [-0.1, -0.05) is 20.3 Å². The Kier molecular flexibility index (Phi) is 5.20. The molecule has 7 nitrogen and oxygen atoms in total. The predicted molar refractivity (Wildman–Crippen MR) is 90.1 cm³/mol. The Balaban J connectivity index is 1.63. The van der Waals surface area contributed by atoms with Crippen LogP contribution in [0.3, 0.4) is 0 Å². The Morgan fingerprint density at radius 1 is 1.50 bits per heavy atom. The zero-order chi connectivity index (χ0) is 17.2. The number of nitrogens with zero attached hydrogens (tertiary/aromatic N) is 3. The van der Waals surface area contributed by atoms with E-state index < -0.39 is 0 Å². The molecule has 0 bridgehead atoms. The number of hydrogen-bond donors (Lipinski definition) is 2. The van der Waals surface area contributed by atoms with Gasteiger partial charge in [-0.05, 0) is 24.7 Å². The summed E-state index contributed by atoms with van der Waals surface area (Å²) in [7, 11) is 1.68. The molecule has 7 heteroatoms. The van der Waals surface area contributed by atoms with Gasteiger partial charge in [-0.25, -0.2) is 0 Å². The van der Waals surface area contributed by atoms with Gasteiger partial charge in [0, 0.05) is 32.8 Å². The average molecular weight is 335 g/mol. The van der Waals surface area contributed by atoms with E-state index in [1.165, 1.54) is 0 Å². The van der Waals surface area contributed by atoms with E-state index in [2.05, 4.69) is 39.5 Å². The van der Waals surface area contributed by atoms with Gasteiger partial charge >= 0.3 is 0 Å². The van der Waals surface area contributed by atoms with Crippen LogP contribution in [0.2, 0.25) is 0 Å². The largest absolute Gasteiger partial charge is 0.384 e. The van der Waals surface area contributed by atoms with Gasteiger partial charge in [-0.3, -0.25) is 9.69 Å². The molecule has 1 aliphatic carbocycles. The maximum atomic E-state index is 12.8. The number of carbonyl (C=O) groups excluding carboxylic acids is 1. The molecule has 2 heterocycles. The fourth-order valence-electron chi connectivity index (χ4n) is 4.04. The SMILES string of the molecule is COCC1(C(=O)N[C@@H]2CN(Cc3cn[nH]n3)C[C@H]2C(C)C)CCC1. The minimum atomic E-state index is -0.296. The summed E-state index contributed by atoms with van der Waals surface area (Å²) in [5.41, 5.74) is 0.648. The smallest absolute Gasteiger partial charge is 0.228 e. The van der Waals surface area contributed by atoms with E-state index in [0.29, 0.717) is 18.4 Å². The van der Waals surface area contributed by atoms with Gasteiger partial charge in [-0.15, -0.1) is 0 Å². The summed E-state index contributed by atoms with van der Waals surface area (Å²) in [5, 5.41) is 14.0. The molecule has 24 heavy (non-hydrogen) atoms. The number of aromatic amines is 1. The van der Waals surface area contributed by atoms with Crippen LogP contribution in [0.4, 0.5) is 0 Å². The summed E-state index contributed by atoms with van der Waals surface area (Å²) in [4.78, 5) is 15.2. The normalized spacial score (nSPS) is 26.5. The van der Waals surface area contributed by atoms with Gasteiger partial charge in [-0.2, -0.15) is 15.4 Å². The topological polar surface area (TPSA) is 83.1 Å². The van der Waals surface area contributed by atoms with Crippen molar-refractivity contribution in [3.8, 4) is 0 Å². The van der Waals surface area contributed by atoms with Crippen molar-refractivity contribution in [2.24, 2.45) is 17.3 Å². The van der Waals surface area contributed by atoms with Crippen LogP contribution in [0.15, 0.2) is 6.20 Å². The van der Waals surface area contributed by atoms with Gasteiger partial charge in [0.05, 0.1) is 23.9 Å². The van der Waals surface area contributed by atoms with Crippen LogP contribution in [-0.2, 0) is 16.1 Å². The summed E-state index contributed by atoms with van der Waals surface area (Å²) < 4.78 is 5.31. The molecular formula is C17H29N5O2. The van der Waals surface area contributed by atoms with Crippen LogP contribution in [0.1, 0.15) is 38.8 Å². The van der Waals surface area contributed by atoms with E-state index in [1.807, 2.05) is 0 Å². The first-order valence-corrected chi connectivity index (χ1v) is 8.91. The second kappa shape index (κ2) is 7.19. The monoisotopic (exact) mass is 335 g/mol. The van der Waals surface area contributed by atoms with Gasteiger partial charge in [0.2, 0.25) is 5.91 Å². The molecule has 1 aromatic rings. The first-order valence-electron chi connectivity index (χ1n) is 8.91. The van der Waals surface area contributed by atoms with Crippen molar-refractivity contribution in [3.05, 3.63) is 11.9 Å². The maximum Gasteiger partial charge on any atom is 0.228 e. The summed E-state index contributed by atoms with van der Waals surface area (Å²) in [5.74, 6) is 1.16. The Hall–Kier alpha value is -1.47. The molecule has 1 aromatic heterocycles. The van der Waals surface area contributed by atoms with E-state index in [9.17, 15) is 4.79 Å². The first kappa shape index (κ1) is 17.4. The number of nitrogens with one attached hydrogen (secondary N) is 2. The summed E-state index contributed by atoms with van der Waals surface area (Å²) in [6.45, 7) is 7.61. The van der Waals surface area contributed by atoms with E-state index in [4.69, 9.17) is 4.74 Å². The molecule has 2 atom stereocenters. The standard InChI is InChI=1S/C17H29N5O2/c1-12(2)14-9-22(8-13-7-18-21-20-13)10-15(14)19-16(23)17(11-24-3)5-4-6-17/h7,12,14-15H,4-6,8-11H2,1-3H3,(H,19,23)(H,18,20,21)/t14-,15+/m0/s1. The first-order chi connectivity index (χ1) is 11.5. The lowest BCUT2D eigenvalue weighted by Crippen LogP contribution is -2.53. The molecule has 0 spiro atoms. The van der Waals surface area contributed by atoms with E-state index in [0.717, 1.165) is 44.6 Å². The lowest BCUT2D eigenvalue weighted by Gasteiger charge is -2.40. The van der Waals surface area contributed by atoms with Crippen molar-refractivity contribution in [3.63, 3.8) is 0 Å². The minimum Gasteiger partial charge on any atom is -0.384 e. The summed E-state index contributed by atoms with van der Waals surface area (Å²) in [6.07, 6.45) is 4.76. The highest BCUT2D eigenvalue weighted by atomic mass is 16.5. The lowest BCUT2D eigenvalue weighted by atomic mass is 9.68. The molecule has 0 unspecified atom stereocenters. The number of methoxy groups -OCH3 is 1. The third kappa shape index (κ3) is 3.47. The van der Waals surface area contributed by atoms with Crippen LogP contribution in [0, 0.1) is 17.3 Å². The van der Waals surface area contributed by atoms with Crippen molar-refractivity contribution in [2.45, 2.75) is 45.7 Å². The number of amides is 1. The highest BCUT2D eigenvalue weighted by Gasteiger charge is 2.46.